The standard InChI is InChI=1S/C11H16N6OS/c1-3-9-13-10(15-14-9)8-6-17(4-5-18-8)11-12-7(2)16-19-11/h8H,3-6H2,1-2H3,(H,13,14,15). The first-order valence-electron chi connectivity index (χ1n) is 6.34. The van der Waals surface area contributed by atoms with Gasteiger partial charge < -0.3 is 9.64 Å². The maximum Gasteiger partial charge on any atom is 0.205 e. The third-order valence-corrected chi connectivity index (χ3v) is 3.89. The number of nitrogens with zero attached hydrogens (tertiary/aromatic N) is 5. The molecule has 1 aliphatic rings. The lowest BCUT2D eigenvalue weighted by molar-refractivity contribution is 0.0342. The van der Waals surface area contributed by atoms with Crippen LogP contribution in [0.1, 0.15) is 30.5 Å². The second-order valence-corrected chi connectivity index (χ2v) is 5.15. The lowest BCUT2D eigenvalue weighted by Crippen LogP contribution is -2.38. The molecule has 0 saturated carbocycles. The van der Waals surface area contributed by atoms with Gasteiger partial charge in [-0.1, -0.05) is 6.92 Å². The Morgan fingerprint density at radius 2 is 2.37 bits per heavy atom. The average molecular weight is 280 g/mol. The Labute approximate surface area is 115 Å². The van der Waals surface area contributed by atoms with Gasteiger partial charge in [-0.15, -0.1) is 0 Å². The number of nitrogens with one attached hydrogen (secondary N) is 1. The topological polar surface area (TPSA) is 79.8 Å². The minimum Gasteiger partial charge on any atom is -0.366 e. The third-order valence-electron chi connectivity index (χ3n) is 3.03. The first kappa shape index (κ1) is 12.5. The summed E-state index contributed by atoms with van der Waals surface area (Å²) in [4.78, 5) is 11.0. The van der Waals surface area contributed by atoms with Crippen molar-refractivity contribution in [3.05, 3.63) is 17.5 Å². The van der Waals surface area contributed by atoms with Gasteiger partial charge in [-0.2, -0.15) is 9.47 Å². The first-order valence-corrected chi connectivity index (χ1v) is 7.11. The van der Waals surface area contributed by atoms with Gasteiger partial charge in [-0.05, 0) is 6.92 Å². The molecule has 2 aromatic heterocycles. The fraction of sp³-hybridized carbons (Fsp3) is 0.636. The summed E-state index contributed by atoms with van der Waals surface area (Å²) in [6, 6.07) is 0. The summed E-state index contributed by atoms with van der Waals surface area (Å²) < 4.78 is 9.97. The summed E-state index contributed by atoms with van der Waals surface area (Å²) in [7, 11) is 0. The molecule has 7 nitrogen and oxygen atoms in total. The lowest BCUT2D eigenvalue weighted by Gasteiger charge is -2.30. The number of morpholine rings is 1. The molecule has 1 aliphatic heterocycles. The van der Waals surface area contributed by atoms with Crippen LogP contribution in [0.2, 0.25) is 0 Å². The van der Waals surface area contributed by atoms with E-state index >= 15 is 0 Å². The molecule has 1 unspecified atom stereocenters. The molecule has 1 saturated heterocycles. The average Bonchev–Trinajstić information content (AvgIpc) is 3.07. The summed E-state index contributed by atoms with van der Waals surface area (Å²) in [6.45, 7) is 6.15. The van der Waals surface area contributed by atoms with Crippen molar-refractivity contribution in [2.45, 2.75) is 26.4 Å². The molecular weight excluding hydrogens is 264 g/mol. The maximum atomic E-state index is 5.75. The van der Waals surface area contributed by atoms with E-state index in [1.807, 2.05) is 13.8 Å². The van der Waals surface area contributed by atoms with Crippen LogP contribution in [0.3, 0.4) is 0 Å². The predicted octanol–water partition coefficient (Wildman–Crippen LogP) is 1.10. The Morgan fingerprint density at radius 3 is 3.05 bits per heavy atom. The summed E-state index contributed by atoms with van der Waals surface area (Å²) in [5.41, 5.74) is 0. The van der Waals surface area contributed by atoms with Crippen molar-refractivity contribution < 1.29 is 4.74 Å². The molecule has 19 heavy (non-hydrogen) atoms. The Kier molecular flexibility index (Phi) is 3.43. The van der Waals surface area contributed by atoms with Crippen LogP contribution in [-0.4, -0.2) is 44.2 Å². The molecule has 0 amide bonds. The van der Waals surface area contributed by atoms with Crippen molar-refractivity contribution >= 4 is 16.7 Å². The van der Waals surface area contributed by atoms with Crippen molar-refractivity contribution in [2.75, 3.05) is 24.6 Å². The predicted molar refractivity (Wildman–Crippen MR) is 71.3 cm³/mol. The quantitative estimate of drug-likeness (QED) is 0.907. The molecule has 0 radical (unpaired) electrons. The van der Waals surface area contributed by atoms with Gasteiger partial charge in [0.2, 0.25) is 5.13 Å². The molecule has 1 N–H and O–H groups in total. The number of H-pyrrole nitrogens is 1. The number of ether oxygens (including phenoxy) is 1. The van der Waals surface area contributed by atoms with E-state index in [9.17, 15) is 0 Å². The van der Waals surface area contributed by atoms with Gasteiger partial charge in [-0.25, -0.2) is 9.97 Å². The Bertz CT molecular complexity index is 553. The zero-order valence-corrected chi connectivity index (χ0v) is 11.8. The number of hydrogen-bond donors (Lipinski definition) is 1. The highest BCUT2D eigenvalue weighted by atomic mass is 32.1. The fourth-order valence-corrected chi connectivity index (χ4v) is 2.71. The maximum absolute atomic E-state index is 5.75. The normalized spacial score (nSPS) is 19.9. The molecule has 0 spiro atoms. The fourth-order valence-electron chi connectivity index (χ4n) is 2.01. The Balaban J connectivity index is 1.74. The van der Waals surface area contributed by atoms with Crippen LogP contribution in [-0.2, 0) is 11.2 Å². The van der Waals surface area contributed by atoms with E-state index in [1.165, 1.54) is 11.5 Å². The minimum atomic E-state index is -0.102. The van der Waals surface area contributed by atoms with Crippen LogP contribution in [0.5, 0.6) is 0 Å². The van der Waals surface area contributed by atoms with Gasteiger partial charge in [0.05, 0.1) is 13.2 Å². The van der Waals surface area contributed by atoms with Crippen molar-refractivity contribution in [2.24, 2.45) is 0 Å². The molecular formula is C11H16N6OS. The van der Waals surface area contributed by atoms with E-state index in [0.717, 1.165) is 42.1 Å². The van der Waals surface area contributed by atoms with Crippen molar-refractivity contribution in [1.82, 2.24) is 24.5 Å². The molecule has 0 aromatic carbocycles. The highest BCUT2D eigenvalue weighted by Crippen LogP contribution is 2.25. The minimum absolute atomic E-state index is 0.102. The van der Waals surface area contributed by atoms with Crippen molar-refractivity contribution in [3.63, 3.8) is 0 Å². The van der Waals surface area contributed by atoms with E-state index in [-0.39, 0.29) is 6.10 Å². The molecule has 3 heterocycles. The van der Waals surface area contributed by atoms with Gasteiger partial charge in [0.15, 0.2) is 5.82 Å². The summed E-state index contributed by atoms with van der Waals surface area (Å²) in [5, 5.41) is 8.09. The van der Waals surface area contributed by atoms with E-state index < -0.39 is 0 Å². The smallest absolute Gasteiger partial charge is 0.205 e. The summed E-state index contributed by atoms with van der Waals surface area (Å²) in [6.07, 6.45) is 0.744. The van der Waals surface area contributed by atoms with E-state index in [0.29, 0.717) is 6.61 Å². The first-order chi connectivity index (χ1) is 9.26. The zero-order chi connectivity index (χ0) is 13.2. The third kappa shape index (κ3) is 2.59. The Morgan fingerprint density at radius 1 is 1.47 bits per heavy atom. The van der Waals surface area contributed by atoms with Gasteiger partial charge in [0.25, 0.3) is 0 Å². The van der Waals surface area contributed by atoms with Crippen molar-refractivity contribution in [1.29, 1.82) is 0 Å². The van der Waals surface area contributed by atoms with Crippen LogP contribution >= 0.6 is 11.5 Å². The number of aromatic nitrogens is 5. The number of hydrogen-bond acceptors (Lipinski definition) is 7. The largest absolute Gasteiger partial charge is 0.366 e. The highest BCUT2D eigenvalue weighted by Gasteiger charge is 2.26. The van der Waals surface area contributed by atoms with Crippen LogP contribution in [0.4, 0.5) is 5.13 Å². The van der Waals surface area contributed by atoms with E-state index in [1.54, 1.807) is 0 Å². The van der Waals surface area contributed by atoms with Gasteiger partial charge in [0.1, 0.15) is 17.8 Å². The van der Waals surface area contributed by atoms with Crippen LogP contribution < -0.4 is 4.90 Å². The van der Waals surface area contributed by atoms with Gasteiger partial charge >= 0.3 is 0 Å². The molecule has 2 aromatic rings. The second kappa shape index (κ2) is 5.22. The van der Waals surface area contributed by atoms with E-state index in [2.05, 4.69) is 29.4 Å². The number of aryl methyl sites for hydroxylation is 2. The van der Waals surface area contributed by atoms with Crippen LogP contribution in [0.25, 0.3) is 0 Å². The van der Waals surface area contributed by atoms with Crippen LogP contribution in [0, 0.1) is 6.92 Å². The summed E-state index contributed by atoms with van der Waals surface area (Å²) in [5.74, 6) is 2.43. The molecule has 0 bridgehead atoms. The zero-order valence-electron chi connectivity index (χ0n) is 11.0. The number of aromatic amines is 1. The molecule has 3 rings (SSSR count). The monoisotopic (exact) mass is 280 g/mol. The number of rotatable bonds is 3. The SMILES string of the molecule is CCc1nc(C2CN(c3nc(C)ns3)CCO2)n[nH]1. The van der Waals surface area contributed by atoms with Gasteiger partial charge in [-0.3, -0.25) is 5.10 Å². The highest BCUT2D eigenvalue weighted by molar-refractivity contribution is 7.09. The summed E-state index contributed by atoms with van der Waals surface area (Å²) >= 11 is 1.42. The van der Waals surface area contributed by atoms with Crippen molar-refractivity contribution in [3.8, 4) is 0 Å². The molecule has 8 heteroatoms. The second-order valence-electron chi connectivity index (χ2n) is 4.42. The molecule has 102 valence electrons. The number of anilines is 1. The van der Waals surface area contributed by atoms with Crippen LogP contribution in [0.15, 0.2) is 0 Å². The molecule has 1 atom stereocenters. The van der Waals surface area contributed by atoms with Gasteiger partial charge in [0, 0.05) is 24.5 Å². The molecule has 1 fully saturated rings. The lowest BCUT2D eigenvalue weighted by atomic mass is 10.2. The Hall–Kier alpha value is -1.54. The van der Waals surface area contributed by atoms with E-state index in [4.69, 9.17) is 4.74 Å². The molecule has 0 aliphatic carbocycles.